The molecule has 0 aromatic carbocycles. The van der Waals surface area contributed by atoms with Gasteiger partial charge in [-0.2, -0.15) is 0 Å². The van der Waals surface area contributed by atoms with E-state index in [1.165, 1.54) is 0 Å². The zero-order chi connectivity index (χ0) is 12.0. The average molecular weight is 218 g/mol. The minimum absolute atomic E-state index is 0.171. The van der Waals surface area contributed by atoms with Crippen molar-refractivity contribution in [3.8, 4) is 0 Å². The Morgan fingerprint density at radius 3 is 2.19 bits per heavy atom. The van der Waals surface area contributed by atoms with Crippen molar-refractivity contribution in [1.29, 1.82) is 0 Å². The minimum Gasteiger partial charge on any atom is -0.403 e. The van der Waals surface area contributed by atoms with Gasteiger partial charge in [0.25, 0.3) is 0 Å². The molecule has 0 aromatic rings. The highest BCUT2D eigenvalue weighted by atomic mass is 16.7. The Morgan fingerprint density at radius 1 is 1.19 bits per heavy atom. The molecular weight excluding hydrogens is 199 g/mol. The van der Waals surface area contributed by atoms with Crippen molar-refractivity contribution in [3.63, 3.8) is 0 Å². The lowest BCUT2D eigenvalue weighted by Crippen LogP contribution is -2.41. The maximum Gasteiger partial charge on any atom is 0.469 e. The molecule has 2 rings (SSSR count). The quantitative estimate of drug-likeness (QED) is 0.497. The Bertz CT molecular complexity index is 371. The van der Waals surface area contributed by atoms with Gasteiger partial charge in [0.2, 0.25) is 0 Å². The van der Waals surface area contributed by atoms with Gasteiger partial charge in [-0.05, 0) is 46.3 Å². The van der Waals surface area contributed by atoms with Crippen LogP contribution >= 0.6 is 0 Å². The molecule has 2 aliphatic rings. The van der Waals surface area contributed by atoms with E-state index in [0.717, 1.165) is 5.57 Å². The number of rotatable bonds is 1. The smallest absolute Gasteiger partial charge is 0.403 e. The third kappa shape index (κ3) is 1.91. The van der Waals surface area contributed by atoms with E-state index in [2.05, 4.69) is 45.6 Å². The van der Waals surface area contributed by atoms with E-state index in [4.69, 9.17) is 9.31 Å². The average Bonchev–Trinajstić information content (AvgIpc) is 2.37. The van der Waals surface area contributed by atoms with Crippen molar-refractivity contribution < 1.29 is 9.31 Å². The fourth-order valence-electron chi connectivity index (χ4n) is 1.80. The van der Waals surface area contributed by atoms with Crippen molar-refractivity contribution in [1.82, 2.24) is 0 Å². The molecule has 0 saturated carbocycles. The zero-order valence-electron chi connectivity index (χ0n) is 10.7. The van der Waals surface area contributed by atoms with Crippen LogP contribution in [0.5, 0.6) is 0 Å². The van der Waals surface area contributed by atoms with Crippen molar-refractivity contribution in [2.24, 2.45) is 0 Å². The van der Waals surface area contributed by atoms with Gasteiger partial charge >= 0.3 is 7.12 Å². The van der Waals surface area contributed by atoms with E-state index < -0.39 is 0 Å². The first-order chi connectivity index (χ1) is 7.32. The maximum absolute atomic E-state index is 5.98. The third-order valence-electron chi connectivity index (χ3n) is 3.66. The van der Waals surface area contributed by atoms with Crippen LogP contribution in [0, 0.1) is 0 Å². The predicted octanol–water partition coefficient (Wildman–Crippen LogP) is 3.12. The molecule has 0 spiro atoms. The lowest BCUT2D eigenvalue weighted by molar-refractivity contribution is 0.00578. The first-order valence-electron chi connectivity index (χ1n) is 5.79. The molecule has 0 N–H and O–H groups in total. The van der Waals surface area contributed by atoms with Crippen LogP contribution in [0.4, 0.5) is 0 Å². The molecule has 1 atom stereocenters. The summed E-state index contributed by atoms with van der Waals surface area (Å²) in [6.07, 6.45) is 6.21. The Hall–Kier alpha value is -0.755. The normalized spacial score (nSPS) is 30.7. The van der Waals surface area contributed by atoms with E-state index in [-0.39, 0.29) is 24.1 Å². The molecule has 0 aromatic heterocycles. The van der Waals surface area contributed by atoms with Gasteiger partial charge < -0.3 is 9.31 Å². The van der Waals surface area contributed by atoms with Crippen LogP contribution in [0.15, 0.2) is 29.5 Å². The monoisotopic (exact) mass is 218 g/mol. The molecule has 1 fully saturated rings. The van der Waals surface area contributed by atoms with Crippen LogP contribution in [-0.4, -0.2) is 18.3 Å². The lowest BCUT2D eigenvalue weighted by Gasteiger charge is -2.32. The molecule has 2 nitrogen and oxygen atoms in total. The van der Waals surface area contributed by atoms with E-state index in [9.17, 15) is 0 Å². The van der Waals surface area contributed by atoms with Crippen LogP contribution in [-0.2, 0) is 9.31 Å². The van der Waals surface area contributed by atoms with Gasteiger partial charge in [-0.1, -0.05) is 12.2 Å². The SMILES string of the molecule is CC1=C=CC(B2OC(C)(C)C(C)(C)O2)C=C1. The second kappa shape index (κ2) is 3.63. The Labute approximate surface area is 98.2 Å². The van der Waals surface area contributed by atoms with E-state index in [1.807, 2.05) is 13.0 Å². The Kier molecular flexibility index (Phi) is 2.66. The molecule has 1 unspecified atom stereocenters. The molecule has 3 heteroatoms. The first-order valence-corrected chi connectivity index (χ1v) is 5.79. The van der Waals surface area contributed by atoms with Crippen LogP contribution in [0.2, 0.25) is 5.82 Å². The second-order valence-electron chi connectivity index (χ2n) is 5.56. The minimum atomic E-state index is -0.254. The molecule has 0 bridgehead atoms. The molecule has 16 heavy (non-hydrogen) atoms. The van der Waals surface area contributed by atoms with E-state index in [0.29, 0.717) is 0 Å². The topological polar surface area (TPSA) is 18.5 Å². The fraction of sp³-hybridized carbons (Fsp3) is 0.615. The van der Waals surface area contributed by atoms with Crippen molar-refractivity contribution in [2.45, 2.75) is 51.6 Å². The maximum atomic E-state index is 5.98. The van der Waals surface area contributed by atoms with Crippen LogP contribution in [0.25, 0.3) is 0 Å². The summed E-state index contributed by atoms with van der Waals surface area (Å²) in [4.78, 5) is 0. The fourth-order valence-corrected chi connectivity index (χ4v) is 1.80. The molecule has 1 aliphatic heterocycles. The van der Waals surface area contributed by atoms with Crippen molar-refractivity contribution in [2.75, 3.05) is 0 Å². The molecule has 0 amide bonds. The van der Waals surface area contributed by atoms with Crippen LogP contribution in [0.1, 0.15) is 34.6 Å². The summed E-state index contributed by atoms with van der Waals surface area (Å²) >= 11 is 0. The summed E-state index contributed by atoms with van der Waals surface area (Å²) in [5, 5.41) is 0. The Balaban J connectivity index is 2.17. The molecule has 86 valence electrons. The van der Waals surface area contributed by atoms with Gasteiger partial charge in [0.1, 0.15) is 0 Å². The lowest BCUT2D eigenvalue weighted by atomic mass is 9.70. The van der Waals surface area contributed by atoms with Gasteiger partial charge in [0.05, 0.1) is 11.2 Å². The van der Waals surface area contributed by atoms with Gasteiger partial charge in [-0.25, -0.2) is 0 Å². The van der Waals surface area contributed by atoms with Crippen LogP contribution < -0.4 is 0 Å². The molecule has 0 radical (unpaired) electrons. The van der Waals surface area contributed by atoms with E-state index >= 15 is 0 Å². The summed E-state index contributed by atoms with van der Waals surface area (Å²) in [6, 6.07) is 0. The van der Waals surface area contributed by atoms with Gasteiger partial charge in [0, 0.05) is 5.82 Å². The standard InChI is InChI=1S/C13H19BO2/c1-10-6-8-11(9-7-10)14-15-12(2,3)13(4,5)16-14/h6,8-9,11H,1-5H3. The number of hydrogen-bond donors (Lipinski definition) is 0. The second-order valence-corrected chi connectivity index (χ2v) is 5.56. The van der Waals surface area contributed by atoms with Crippen molar-refractivity contribution in [3.05, 3.63) is 29.5 Å². The third-order valence-corrected chi connectivity index (χ3v) is 3.66. The predicted molar refractivity (Wildman–Crippen MR) is 66.2 cm³/mol. The number of allylic oxidation sites excluding steroid dienone is 3. The molecule has 1 aliphatic carbocycles. The summed E-state index contributed by atoms with van der Waals surface area (Å²) in [7, 11) is -0.193. The summed E-state index contributed by atoms with van der Waals surface area (Å²) in [6.45, 7) is 10.3. The summed E-state index contributed by atoms with van der Waals surface area (Å²) in [5.41, 5.74) is 3.85. The Morgan fingerprint density at radius 2 is 1.75 bits per heavy atom. The van der Waals surface area contributed by atoms with Gasteiger partial charge in [-0.3, -0.25) is 0 Å². The molecular formula is C13H19BO2. The molecule has 1 heterocycles. The highest BCUT2D eigenvalue weighted by molar-refractivity contribution is 6.49. The largest absolute Gasteiger partial charge is 0.469 e. The number of hydrogen-bond acceptors (Lipinski definition) is 2. The van der Waals surface area contributed by atoms with Gasteiger partial charge in [-0.15, -0.1) is 5.73 Å². The molecule has 1 saturated heterocycles. The zero-order valence-corrected chi connectivity index (χ0v) is 10.7. The first kappa shape index (κ1) is 11.7. The summed E-state index contributed by atoms with van der Waals surface area (Å²) < 4.78 is 12.0. The highest BCUT2D eigenvalue weighted by Crippen LogP contribution is 2.40. The van der Waals surface area contributed by atoms with Crippen molar-refractivity contribution >= 4 is 7.12 Å². The van der Waals surface area contributed by atoms with Gasteiger partial charge in [0.15, 0.2) is 0 Å². The summed E-state index contributed by atoms with van der Waals surface area (Å²) in [5.74, 6) is 0.171. The van der Waals surface area contributed by atoms with E-state index in [1.54, 1.807) is 0 Å². The highest BCUT2D eigenvalue weighted by Gasteiger charge is 2.52. The van der Waals surface area contributed by atoms with Crippen LogP contribution in [0.3, 0.4) is 0 Å².